The Kier molecular flexibility index (Phi) is 6.28. The highest BCUT2D eigenvalue weighted by atomic mass is 16.3. The van der Waals surface area contributed by atoms with Crippen molar-refractivity contribution in [1.82, 2.24) is 15.2 Å². The molecule has 31 heavy (non-hydrogen) atoms. The molecule has 2 N–H and O–H groups in total. The largest absolute Gasteiger partial charge is 0.395 e. The van der Waals surface area contributed by atoms with Crippen molar-refractivity contribution in [3.63, 3.8) is 0 Å². The van der Waals surface area contributed by atoms with Crippen molar-refractivity contribution in [2.45, 2.75) is 25.7 Å². The zero-order valence-electron chi connectivity index (χ0n) is 17.7. The van der Waals surface area contributed by atoms with Gasteiger partial charge in [0.25, 0.3) is 5.91 Å². The molecule has 1 fully saturated rings. The van der Waals surface area contributed by atoms with Crippen LogP contribution in [0.25, 0.3) is 10.9 Å². The van der Waals surface area contributed by atoms with E-state index in [0.717, 1.165) is 34.1 Å². The average molecular weight is 418 g/mol. The molecule has 1 aliphatic rings. The number of amides is 2. The molecule has 6 heteroatoms. The van der Waals surface area contributed by atoms with Crippen molar-refractivity contribution in [2.24, 2.45) is 0 Å². The molecule has 0 radical (unpaired) electrons. The summed E-state index contributed by atoms with van der Waals surface area (Å²) < 4.78 is 0. The molecular formula is C25H27N3O3. The minimum Gasteiger partial charge on any atom is -0.395 e. The molecule has 2 aromatic carbocycles. The van der Waals surface area contributed by atoms with E-state index < -0.39 is 0 Å². The second kappa shape index (κ2) is 9.27. The molecule has 1 aliphatic heterocycles. The molecule has 6 nitrogen and oxygen atoms in total. The highest BCUT2D eigenvalue weighted by Crippen LogP contribution is 2.29. The Balaban J connectivity index is 1.54. The fourth-order valence-corrected chi connectivity index (χ4v) is 4.19. The third kappa shape index (κ3) is 4.75. The smallest absolute Gasteiger partial charge is 0.252 e. The maximum atomic E-state index is 12.8. The van der Waals surface area contributed by atoms with E-state index in [0.29, 0.717) is 25.1 Å². The molecule has 0 aliphatic carbocycles. The van der Waals surface area contributed by atoms with Gasteiger partial charge in [-0.25, -0.2) is 0 Å². The zero-order chi connectivity index (χ0) is 21.8. The minimum absolute atomic E-state index is 0.0930. The highest BCUT2D eigenvalue weighted by Gasteiger charge is 2.29. The number of carbonyl (C=O) groups is 2. The van der Waals surface area contributed by atoms with E-state index in [4.69, 9.17) is 10.1 Å². The number of hydrogen-bond acceptors (Lipinski definition) is 4. The molecule has 2 heterocycles. The van der Waals surface area contributed by atoms with Gasteiger partial charge in [0.1, 0.15) is 0 Å². The molecule has 1 atom stereocenters. The van der Waals surface area contributed by atoms with E-state index in [-0.39, 0.29) is 30.9 Å². The Morgan fingerprint density at radius 2 is 2.00 bits per heavy atom. The molecule has 0 bridgehead atoms. The van der Waals surface area contributed by atoms with Crippen molar-refractivity contribution < 1.29 is 14.7 Å². The van der Waals surface area contributed by atoms with Crippen LogP contribution in [0, 0.1) is 6.92 Å². The second-order valence-corrected chi connectivity index (χ2v) is 8.08. The second-order valence-electron chi connectivity index (χ2n) is 8.08. The number of para-hydroxylation sites is 1. The standard InChI is InChI=1S/C25H27N3O3/c1-17-5-4-6-18(13-17)14-24(30)28-11-9-19(16-28)23-15-21(25(31)26-10-12-29)20-7-2-3-8-22(20)27-23/h2-8,13,15,19,29H,9-12,14,16H2,1H3,(H,26,31)/t19-/m0/s1. The lowest BCUT2D eigenvalue weighted by Crippen LogP contribution is -2.30. The number of benzene rings is 2. The van der Waals surface area contributed by atoms with Crippen LogP contribution in [0.15, 0.2) is 54.6 Å². The summed E-state index contributed by atoms with van der Waals surface area (Å²) in [7, 11) is 0. The first-order chi connectivity index (χ1) is 15.0. The number of aliphatic hydroxyl groups is 1. The van der Waals surface area contributed by atoms with Crippen molar-refractivity contribution >= 4 is 22.7 Å². The number of aryl methyl sites for hydroxylation is 1. The maximum Gasteiger partial charge on any atom is 0.252 e. The lowest BCUT2D eigenvalue weighted by Gasteiger charge is -2.17. The minimum atomic E-state index is -0.223. The Labute approximate surface area is 181 Å². The molecule has 2 amide bonds. The van der Waals surface area contributed by atoms with E-state index in [1.807, 2.05) is 66.4 Å². The van der Waals surface area contributed by atoms with Crippen LogP contribution < -0.4 is 5.32 Å². The van der Waals surface area contributed by atoms with Crippen LogP contribution in [0.4, 0.5) is 0 Å². The molecule has 1 aromatic heterocycles. The number of hydrogen-bond donors (Lipinski definition) is 2. The fraction of sp³-hybridized carbons (Fsp3) is 0.320. The number of nitrogens with zero attached hydrogens (tertiary/aromatic N) is 2. The zero-order valence-corrected chi connectivity index (χ0v) is 17.7. The summed E-state index contributed by atoms with van der Waals surface area (Å²) in [5, 5.41) is 12.6. The van der Waals surface area contributed by atoms with Crippen LogP contribution in [0.5, 0.6) is 0 Å². The Morgan fingerprint density at radius 3 is 2.81 bits per heavy atom. The van der Waals surface area contributed by atoms with Gasteiger partial charge in [0.05, 0.1) is 24.1 Å². The lowest BCUT2D eigenvalue weighted by atomic mass is 9.99. The van der Waals surface area contributed by atoms with Gasteiger partial charge in [0, 0.05) is 36.6 Å². The van der Waals surface area contributed by atoms with Gasteiger partial charge < -0.3 is 15.3 Å². The molecule has 3 aromatic rings. The van der Waals surface area contributed by atoms with Crippen molar-refractivity contribution in [3.8, 4) is 0 Å². The lowest BCUT2D eigenvalue weighted by molar-refractivity contribution is -0.129. The summed E-state index contributed by atoms with van der Waals surface area (Å²) in [5.41, 5.74) is 4.33. The van der Waals surface area contributed by atoms with Gasteiger partial charge in [-0.3, -0.25) is 14.6 Å². The first-order valence-electron chi connectivity index (χ1n) is 10.7. The summed E-state index contributed by atoms with van der Waals surface area (Å²) >= 11 is 0. The van der Waals surface area contributed by atoms with E-state index in [1.165, 1.54) is 0 Å². The number of carbonyl (C=O) groups excluding carboxylic acids is 2. The fourth-order valence-electron chi connectivity index (χ4n) is 4.19. The van der Waals surface area contributed by atoms with Gasteiger partial charge in [-0.1, -0.05) is 48.0 Å². The first-order valence-corrected chi connectivity index (χ1v) is 10.7. The first kappa shape index (κ1) is 21.0. The third-order valence-corrected chi connectivity index (χ3v) is 5.78. The SMILES string of the molecule is Cc1cccc(CC(=O)N2CC[C@H](c3cc(C(=O)NCCO)c4ccccc4n3)C2)c1. The Bertz CT molecular complexity index is 1110. The van der Waals surface area contributed by atoms with Gasteiger partial charge >= 0.3 is 0 Å². The quantitative estimate of drug-likeness (QED) is 0.646. The van der Waals surface area contributed by atoms with Gasteiger partial charge in [0.2, 0.25) is 5.91 Å². The molecule has 0 saturated carbocycles. The van der Waals surface area contributed by atoms with Crippen LogP contribution in [0.1, 0.15) is 39.5 Å². The van der Waals surface area contributed by atoms with E-state index in [2.05, 4.69) is 5.32 Å². The van der Waals surface area contributed by atoms with Crippen molar-refractivity contribution in [3.05, 3.63) is 77.0 Å². The molecule has 160 valence electrons. The number of rotatable bonds is 6. The van der Waals surface area contributed by atoms with Crippen LogP contribution in [0.3, 0.4) is 0 Å². The number of likely N-dealkylation sites (tertiary alicyclic amines) is 1. The Morgan fingerprint density at radius 1 is 1.16 bits per heavy atom. The van der Waals surface area contributed by atoms with Crippen LogP contribution in [-0.2, 0) is 11.2 Å². The van der Waals surface area contributed by atoms with E-state index in [1.54, 1.807) is 0 Å². The summed E-state index contributed by atoms with van der Waals surface area (Å²) in [5.74, 6) is -0.00969. The van der Waals surface area contributed by atoms with Crippen molar-refractivity contribution in [1.29, 1.82) is 0 Å². The Hall–Kier alpha value is -3.25. The molecule has 0 unspecified atom stereocenters. The van der Waals surface area contributed by atoms with Crippen LogP contribution >= 0.6 is 0 Å². The summed E-state index contributed by atoms with van der Waals surface area (Å²) in [6, 6.07) is 17.5. The van der Waals surface area contributed by atoms with E-state index >= 15 is 0 Å². The number of fused-ring (bicyclic) bond motifs is 1. The number of aliphatic hydroxyl groups excluding tert-OH is 1. The molecule has 1 saturated heterocycles. The predicted octanol–water partition coefficient (Wildman–Crippen LogP) is 2.82. The van der Waals surface area contributed by atoms with Gasteiger partial charge in [0.15, 0.2) is 0 Å². The van der Waals surface area contributed by atoms with Crippen LogP contribution in [0.2, 0.25) is 0 Å². The summed E-state index contributed by atoms with van der Waals surface area (Å²) in [6.45, 7) is 3.42. The van der Waals surface area contributed by atoms with Gasteiger partial charge in [-0.05, 0) is 31.0 Å². The maximum absolute atomic E-state index is 12.8. The predicted molar refractivity (Wildman–Crippen MR) is 120 cm³/mol. The van der Waals surface area contributed by atoms with Gasteiger partial charge in [-0.15, -0.1) is 0 Å². The number of nitrogens with one attached hydrogen (secondary N) is 1. The van der Waals surface area contributed by atoms with Crippen molar-refractivity contribution in [2.75, 3.05) is 26.2 Å². The third-order valence-electron chi connectivity index (χ3n) is 5.78. The van der Waals surface area contributed by atoms with E-state index in [9.17, 15) is 9.59 Å². The van der Waals surface area contributed by atoms with Crippen LogP contribution in [-0.4, -0.2) is 53.0 Å². The number of aromatic nitrogens is 1. The highest BCUT2D eigenvalue weighted by molar-refractivity contribution is 6.06. The molecular weight excluding hydrogens is 390 g/mol. The topological polar surface area (TPSA) is 82.5 Å². The molecule has 4 rings (SSSR count). The normalized spacial score (nSPS) is 15.9. The summed E-state index contributed by atoms with van der Waals surface area (Å²) in [6.07, 6.45) is 1.22. The number of pyridine rings is 1. The monoisotopic (exact) mass is 417 g/mol. The molecule has 0 spiro atoms. The summed E-state index contributed by atoms with van der Waals surface area (Å²) in [4.78, 5) is 32.2. The van der Waals surface area contributed by atoms with Gasteiger partial charge in [-0.2, -0.15) is 0 Å². The average Bonchev–Trinajstić information content (AvgIpc) is 3.27.